The molecule has 2 N–H and O–H groups in total. The molecule has 1 heterocycles. The number of carbonyl (C=O) groups excluding carboxylic acids is 1. The molecular weight excluding hydrogens is 340 g/mol. The van der Waals surface area contributed by atoms with Crippen molar-refractivity contribution in [2.75, 3.05) is 10.6 Å². The zero-order valence-electron chi connectivity index (χ0n) is 15.6. The largest absolute Gasteiger partial charge is 0.491 e. The first-order valence-corrected chi connectivity index (χ1v) is 8.75. The van der Waals surface area contributed by atoms with Crippen LogP contribution in [-0.4, -0.2) is 22.0 Å². The molecule has 0 radical (unpaired) electrons. The van der Waals surface area contributed by atoms with Crippen LogP contribution in [0.1, 0.15) is 30.2 Å². The fourth-order valence-electron chi connectivity index (χ4n) is 2.50. The lowest BCUT2D eigenvalue weighted by Gasteiger charge is -2.11. The van der Waals surface area contributed by atoms with Crippen LogP contribution in [0.15, 0.2) is 60.7 Å². The van der Waals surface area contributed by atoms with Gasteiger partial charge in [-0.3, -0.25) is 4.79 Å². The number of ether oxygens (including phenoxy) is 1. The number of para-hydroxylation sites is 1. The predicted octanol–water partition coefficient (Wildman–Crippen LogP) is 4.57. The second-order valence-corrected chi connectivity index (χ2v) is 6.32. The number of carbonyl (C=O) groups is 1. The van der Waals surface area contributed by atoms with E-state index in [0.717, 1.165) is 11.4 Å². The second-order valence-electron chi connectivity index (χ2n) is 6.32. The SMILES string of the molecule is Cc1nc(Nc2ccccc2)cc(C(=O)Nc2ccc(OC(C)C)cc2)n1. The van der Waals surface area contributed by atoms with Gasteiger partial charge in [0.1, 0.15) is 23.1 Å². The van der Waals surface area contributed by atoms with Crippen LogP contribution < -0.4 is 15.4 Å². The Balaban J connectivity index is 1.72. The average molecular weight is 362 g/mol. The van der Waals surface area contributed by atoms with E-state index in [9.17, 15) is 4.79 Å². The normalized spacial score (nSPS) is 10.5. The average Bonchev–Trinajstić information content (AvgIpc) is 2.63. The Morgan fingerprint density at radius 2 is 1.67 bits per heavy atom. The van der Waals surface area contributed by atoms with E-state index in [1.54, 1.807) is 25.1 Å². The Kier molecular flexibility index (Phi) is 5.66. The maximum atomic E-state index is 12.6. The standard InChI is InChI=1S/C21H22N4O2/c1-14(2)27-18-11-9-17(10-12-18)25-21(26)19-13-20(23-15(3)22-19)24-16-7-5-4-6-8-16/h4-14H,1-3H3,(H,25,26)(H,22,23,24). The molecule has 0 atom stereocenters. The number of nitrogens with zero attached hydrogens (tertiary/aromatic N) is 2. The number of benzene rings is 2. The molecular formula is C21H22N4O2. The summed E-state index contributed by atoms with van der Waals surface area (Å²) < 4.78 is 5.61. The quantitative estimate of drug-likeness (QED) is 0.672. The van der Waals surface area contributed by atoms with Gasteiger partial charge in [-0.25, -0.2) is 9.97 Å². The summed E-state index contributed by atoms with van der Waals surface area (Å²) in [4.78, 5) is 21.2. The van der Waals surface area contributed by atoms with Gasteiger partial charge in [-0.2, -0.15) is 0 Å². The third-order valence-electron chi connectivity index (χ3n) is 3.60. The summed E-state index contributed by atoms with van der Waals surface area (Å²) in [6.07, 6.45) is 0.102. The molecule has 138 valence electrons. The van der Waals surface area contributed by atoms with Crippen LogP contribution in [0, 0.1) is 6.92 Å². The molecule has 0 bridgehead atoms. The molecule has 0 saturated heterocycles. The van der Waals surface area contributed by atoms with E-state index in [-0.39, 0.29) is 12.0 Å². The van der Waals surface area contributed by atoms with E-state index in [4.69, 9.17) is 4.74 Å². The van der Waals surface area contributed by atoms with Crippen LogP contribution in [0.3, 0.4) is 0 Å². The molecule has 27 heavy (non-hydrogen) atoms. The van der Waals surface area contributed by atoms with Crippen LogP contribution in [0.25, 0.3) is 0 Å². The maximum absolute atomic E-state index is 12.6. The number of nitrogens with one attached hydrogen (secondary N) is 2. The fourth-order valence-corrected chi connectivity index (χ4v) is 2.50. The molecule has 0 unspecified atom stereocenters. The monoisotopic (exact) mass is 362 g/mol. The van der Waals surface area contributed by atoms with Crippen LogP contribution in [0.2, 0.25) is 0 Å². The molecule has 2 aromatic carbocycles. The first-order chi connectivity index (χ1) is 13.0. The number of rotatable bonds is 6. The van der Waals surface area contributed by atoms with E-state index < -0.39 is 0 Å². The van der Waals surface area contributed by atoms with Crippen molar-refractivity contribution in [2.24, 2.45) is 0 Å². The zero-order chi connectivity index (χ0) is 19.2. The summed E-state index contributed by atoms with van der Waals surface area (Å²) in [5.41, 5.74) is 1.86. The maximum Gasteiger partial charge on any atom is 0.274 e. The van der Waals surface area contributed by atoms with E-state index in [1.165, 1.54) is 0 Å². The molecule has 0 aliphatic rings. The third kappa shape index (κ3) is 5.28. The Labute approximate surface area is 158 Å². The van der Waals surface area contributed by atoms with Crippen molar-refractivity contribution >= 4 is 23.1 Å². The Morgan fingerprint density at radius 1 is 0.963 bits per heavy atom. The lowest BCUT2D eigenvalue weighted by molar-refractivity contribution is 0.102. The topological polar surface area (TPSA) is 76.1 Å². The van der Waals surface area contributed by atoms with Gasteiger partial charge >= 0.3 is 0 Å². The Bertz CT molecular complexity index is 909. The lowest BCUT2D eigenvalue weighted by atomic mass is 10.2. The number of aryl methyl sites for hydroxylation is 1. The smallest absolute Gasteiger partial charge is 0.274 e. The first-order valence-electron chi connectivity index (χ1n) is 8.75. The van der Waals surface area contributed by atoms with Crippen molar-refractivity contribution in [2.45, 2.75) is 26.9 Å². The lowest BCUT2D eigenvalue weighted by Crippen LogP contribution is -2.15. The van der Waals surface area contributed by atoms with E-state index in [2.05, 4.69) is 20.6 Å². The van der Waals surface area contributed by atoms with Gasteiger partial charge in [0, 0.05) is 17.4 Å². The van der Waals surface area contributed by atoms with Gasteiger partial charge < -0.3 is 15.4 Å². The summed E-state index contributed by atoms with van der Waals surface area (Å²) in [5.74, 6) is 1.55. The van der Waals surface area contributed by atoms with Crippen molar-refractivity contribution in [3.8, 4) is 5.75 Å². The van der Waals surface area contributed by atoms with E-state index in [0.29, 0.717) is 23.0 Å². The fraction of sp³-hybridized carbons (Fsp3) is 0.190. The highest BCUT2D eigenvalue weighted by Crippen LogP contribution is 2.19. The molecule has 0 spiro atoms. The number of anilines is 3. The zero-order valence-corrected chi connectivity index (χ0v) is 15.6. The highest BCUT2D eigenvalue weighted by molar-refractivity contribution is 6.03. The van der Waals surface area contributed by atoms with Crippen LogP contribution in [0.5, 0.6) is 5.75 Å². The molecule has 6 nitrogen and oxygen atoms in total. The number of hydrogen-bond acceptors (Lipinski definition) is 5. The van der Waals surface area contributed by atoms with Gasteiger partial charge in [0.2, 0.25) is 0 Å². The van der Waals surface area contributed by atoms with Crippen molar-refractivity contribution in [3.05, 3.63) is 72.2 Å². The van der Waals surface area contributed by atoms with Crippen molar-refractivity contribution in [1.29, 1.82) is 0 Å². The second kappa shape index (κ2) is 8.31. The van der Waals surface area contributed by atoms with Crippen molar-refractivity contribution < 1.29 is 9.53 Å². The molecule has 3 aromatic rings. The van der Waals surface area contributed by atoms with Crippen molar-refractivity contribution in [1.82, 2.24) is 9.97 Å². The molecule has 1 aromatic heterocycles. The van der Waals surface area contributed by atoms with Crippen LogP contribution in [-0.2, 0) is 0 Å². The van der Waals surface area contributed by atoms with Crippen molar-refractivity contribution in [3.63, 3.8) is 0 Å². The van der Waals surface area contributed by atoms with Gasteiger partial charge in [0.15, 0.2) is 0 Å². The summed E-state index contributed by atoms with van der Waals surface area (Å²) in [6.45, 7) is 5.69. The van der Waals surface area contributed by atoms with Gasteiger partial charge in [-0.15, -0.1) is 0 Å². The van der Waals surface area contributed by atoms with Crippen LogP contribution in [0.4, 0.5) is 17.2 Å². The minimum Gasteiger partial charge on any atom is -0.491 e. The highest BCUT2D eigenvalue weighted by atomic mass is 16.5. The van der Waals surface area contributed by atoms with Crippen LogP contribution >= 0.6 is 0 Å². The molecule has 0 aliphatic carbocycles. The number of aromatic nitrogens is 2. The molecule has 0 saturated carbocycles. The number of hydrogen-bond donors (Lipinski definition) is 2. The molecule has 6 heteroatoms. The summed E-state index contributed by atoms with van der Waals surface area (Å²) in [6, 6.07) is 18.5. The summed E-state index contributed by atoms with van der Waals surface area (Å²) in [7, 11) is 0. The third-order valence-corrected chi connectivity index (χ3v) is 3.60. The molecule has 0 aliphatic heterocycles. The van der Waals surface area contributed by atoms with E-state index >= 15 is 0 Å². The predicted molar refractivity (Wildman–Crippen MR) is 107 cm³/mol. The molecule has 3 rings (SSSR count). The van der Waals surface area contributed by atoms with Gasteiger partial charge in [0.25, 0.3) is 5.91 Å². The first kappa shape index (κ1) is 18.4. The van der Waals surface area contributed by atoms with E-state index in [1.807, 2.05) is 56.3 Å². The minimum atomic E-state index is -0.297. The number of amides is 1. The Morgan fingerprint density at radius 3 is 2.33 bits per heavy atom. The van der Waals surface area contributed by atoms with Gasteiger partial charge in [-0.1, -0.05) is 18.2 Å². The summed E-state index contributed by atoms with van der Waals surface area (Å²) in [5, 5.41) is 6.03. The van der Waals surface area contributed by atoms with Gasteiger partial charge in [-0.05, 0) is 57.2 Å². The minimum absolute atomic E-state index is 0.102. The summed E-state index contributed by atoms with van der Waals surface area (Å²) >= 11 is 0. The Hall–Kier alpha value is -3.41. The van der Waals surface area contributed by atoms with Gasteiger partial charge in [0.05, 0.1) is 6.10 Å². The molecule has 0 fully saturated rings. The molecule has 1 amide bonds. The highest BCUT2D eigenvalue weighted by Gasteiger charge is 2.11.